The predicted molar refractivity (Wildman–Crippen MR) is 59.4 cm³/mol. The van der Waals surface area contributed by atoms with Crippen molar-refractivity contribution in [3.63, 3.8) is 0 Å². The van der Waals surface area contributed by atoms with Crippen LogP contribution in [0.25, 0.3) is 0 Å². The summed E-state index contributed by atoms with van der Waals surface area (Å²) < 4.78 is 5.07. The van der Waals surface area contributed by atoms with Crippen molar-refractivity contribution in [2.24, 2.45) is 17.8 Å². The number of Topliss-reactive ketones (excluding diaryl/α,β-unsaturated/α-hetero) is 1. The summed E-state index contributed by atoms with van der Waals surface area (Å²) in [5, 5.41) is 0. The number of esters is 1. The molecule has 0 heterocycles. The summed E-state index contributed by atoms with van der Waals surface area (Å²) in [6.45, 7) is 10.8. The Morgan fingerprint density at radius 2 is 1.33 bits per heavy atom. The standard InChI is InChI=1S/C12H22O3/c1-7(2)11(13)9(5)10(6)12(14)15-8(3)4/h7-10H,1-6H3. The molecule has 15 heavy (non-hydrogen) atoms. The first kappa shape index (κ1) is 14.1. The fourth-order valence-corrected chi connectivity index (χ4v) is 1.32. The minimum absolute atomic E-state index is 0.0331. The van der Waals surface area contributed by atoms with E-state index in [0.717, 1.165) is 0 Å². The van der Waals surface area contributed by atoms with Gasteiger partial charge in [0.05, 0.1) is 12.0 Å². The highest BCUT2D eigenvalue weighted by Gasteiger charge is 2.28. The van der Waals surface area contributed by atoms with Crippen LogP contribution < -0.4 is 0 Å². The van der Waals surface area contributed by atoms with Crippen LogP contribution in [0.15, 0.2) is 0 Å². The van der Waals surface area contributed by atoms with Crippen molar-refractivity contribution >= 4 is 11.8 Å². The van der Waals surface area contributed by atoms with Gasteiger partial charge in [-0.25, -0.2) is 0 Å². The number of hydrogen-bond acceptors (Lipinski definition) is 3. The zero-order valence-corrected chi connectivity index (χ0v) is 10.5. The molecule has 0 bridgehead atoms. The molecule has 0 aliphatic heterocycles. The van der Waals surface area contributed by atoms with Gasteiger partial charge in [0.1, 0.15) is 5.78 Å². The number of rotatable bonds is 5. The van der Waals surface area contributed by atoms with E-state index in [-0.39, 0.29) is 35.6 Å². The van der Waals surface area contributed by atoms with Crippen LogP contribution in [0.1, 0.15) is 41.5 Å². The highest BCUT2D eigenvalue weighted by Crippen LogP contribution is 2.18. The smallest absolute Gasteiger partial charge is 0.309 e. The van der Waals surface area contributed by atoms with E-state index in [9.17, 15) is 9.59 Å². The first-order chi connectivity index (χ1) is 6.77. The molecule has 3 nitrogen and oxygen atoms in total. The molecule has 3 heteroatoms. The van der Waals surface area contributed by atoms with Gasteiger partial charge in [0.25, 0.3) is 0 Å². The van der Waals surface area contributed by atoms with Crippen LogP contribution in [-0.2, 0) is 14.3 Å². The van der Waals surface area contributed by atoms with Crippen LogP contribution in [0, 0.1) is 17.8 Å². The van der Waals surface area contributed by atoms with E-state index in [1.807, 2.05) is 13.8 Å². The molecule has 0 aromatic carbocycles. The molecule has 0 radical (unpaired) electrons. The molecule has 0 amide bonds. The van der Waals surface area contributed by atoms with Gasteiger partial charge in [-0.1, -0.05) is 27.7 Å². The Morgan fingerprint density at radius 3 is 1.67 bits per heavy atom. The van der Waals surface area contributed by atoms with Crippen molar-refractivity contribution in [3.8, 4) is 0 Å². The second kappa shape index (κ2) is 5.89. The molecule has 0 saturated heterocycles. The lowest BCUT2D eigenvalue weighted by molar-refractivity contribution is -0.155. The van der Waals surface area contributed by atoms with Gasteiger partial charge in [-0.3, -0.25) is 9.59 Å². The third-order valence-corrected chi connectivity index (χ3v) is 2.49. The quantitative estimate of drug-likeness (QED) is 0.660. The highest BCUT2D eigenvalue weighted by atomic mass is 16.5. The van der Waals surface area contributed by atoms with E-state index in [1.165, 1.54) is 0 Å². The number of hydrogen-bond donors (Lipinski definition) is 0. The highest BCUT2D eigenvalue weighted by molar-refractivity contribution is 5.87. The number of carbonyl (C=O) groups is 2. The maximum Gasteiger partial charge on any atom is 0.309 e. The zero-order valence-electron chi connectivity index (χ0n) is 10.5. The Morgan fingerprint density at radius 1 is 0.867 bits per heavy atom. The number of carbonyl (C=O) groups excluding carboxylic acids is 2. The van der Waals surface area contributed by atoms with E-state index < -0.39 is 0 Å². The monoisotopic (exact) mass is 214 g/mol. The third-order valence-electron chi connectivity index (χ3n) is 2.49. The molecule has 0 fully saturated rings. The van der Waals surface area contributed by atoms with Gasteiger partial charge in [0.2, 0.25) is 0 Å². The summed E-state index contributed by atoms with van der Waals surface area (Å²) in [6.07, 6.45) is -0.124. The predicted octanol–water partition coefficient (Wildman–Crippen LogP) is 2.44. The van der Waals surface area contributed by atoms with Crippen molar-refractivity contribution in [1.82, 2.24) is 0 Å². The Balaban J connectivity index is 4.37. The molecule has 0 aliphatic carbocycles. The van der Waals surface area contributed by atoms with Crippen molar-refractivity contribution < 1.29 is 14.3 Å². The van der Waals surface area contributed by atoms with Crippen LogP contribution in [0.2, 0.25) is 0 Å². The first-order valence-electron chi connectivity index (χ1n) is 5.51. The average Bonchev–Trinajstić information content (AvgIpc) is 2.13. The van der Waals surface area contributed by atoms with Gasteiger partial charge < -0.3 is 4.74 Å². The van der Waals surface area contributed by atoms with Crippen LogP contribution in [0.3, 0.4) is 0 Å². The maximum absolute atomic E-state index is 11.7. The summed E-state index contributed by atoms with van der Waals surface area (Å²) in [7, 11) is 0. The molecule has 0 rings (SSSR count). The summed E-state index contributed by atoms with van der Waals surface area (Å²) in [4.78, 5) is 23.2. The van der Waals surface area contributed by atoms with Crippen molar-refractivity contribution in [3.05, 3.63) is 0 Å². The molecule has 88 valence electrons. The van der Waals surface area contributed by atoms with Gasteiger partial charge >= 0.3 is 5.97 Å². The largest absolute Gasteiger partial charge is 0.463 e. The number of ether oxygens (including phenoxy) is 1. The molecular weight excluding hydrogens is 192 g/mol. The van der Waals surface area contributed by atoms with Crippen LogP contribution >= 0.6 is 0 Å². The minimum atomic E-state index is -0.359. The van der Waals surface area contributed by atoms with Gasteiger partial charge in [-0.2, -0.15) is 0 Å². The topological polar surface area (TPSA) is 43.4 Å². The molecule has 0 aliphatic rings. The normalized spacial score (nSPS) is 15.2. The summed E-state index contributed by atoms with van der Waals surface area (Å²) in [5.41, 5.74) is 0. The lowest BCUT2D eigenvalue weighted by atomic mass is 9.87. The SMILES string of the molecule is CC(C)OC(=O)C(C)C(C)C(=O)C(C)C. The first-order valence-corrected chi connectivity index (χ1v) is 5.51. The van der Waals surface area contributed by atoms with Crippen molar-refractivity contribution in [1.29, 1.82) is 0 Å². The Kier molecular flexibility index (Phi) is 5.55. The fraction of sp³-hybridized carbons (Fsp3) is 0.833. The van der Waals surface area contributed by atoms with Gasteiger partial charge in [0.15, 0.2) is 0 Å². The molecule has 0 aromatic heterocycles. The molecule has 0 aromatic rings. The van der Waals surface area contributed by atoms with E-state index in [4.69, 9.17) is 4.74 Å². The molecule has 2 unspecified atom stereocenters. The molecule has 0 saturated carbocycles. The van der Waals surface area contributed by atoms with Gasteiger partial charge in [0, 0.05) is 11.8 Å². The average molecular weight is 214 g/mol. The summed E-state index contributed by atoms with van der Waals surface area (Å²) in [6, 6.07) is 0. The second-order valence-corrected chi connectivity index (χ2v) is 4.62. The lowest BCUT2D eigenvalue weighted by Crippen LogP contribution is -2.30. The Bertz CT molecular complexity index is 231. The van der Waals surface area contributed by atoms with E-state index >= 15 is 0 Å². The fourth-order valence-electron chi connectivity index (χ4n) is 1.32. The third kappa shape index (κ3) is 4.45. The van der Waals surface area contributed by atoms with E-state index in [1.54, 1.807) is 27.7 Å². The molecule has 0 spiro atoms. The van der Waals surface area contributed by atoms with E-state index in [0.29, 0.717) is 0 Å². The maximum atomic E-state index is 11.7. The summed E-state index contributed by atoms with van der Waals surface area (Å²) >= 11 is 0. The zero-order chi connectivity index (χ0) is 12.2. The molecule has 2 atom stereocenters. The van der Waals surface area contributed by atoms with Crippen LogP contribution in [-0.4, -0.2) is 17.9 Å². The Hall–Kier alpha value is -0.860. The molecule has 0 N–H and O–H groups in total. The van der Waals surface area contributed by atoms with Gasteiger partial charge in [-0.05, 0) is 13.8 Å². The van der Waals surface area contributed by atoms with Gasteiger partial charge in [-0.15, -0.1) is 0 Å². The second-order valence-electron chi connectivity index (χ2n) is 4.62. The lowest BCUT2D eigenvalue weighted by Gasteiger charge is -2.20. The Labute approximate surface area is 92.2 Å². The molecular formula is C12H22O3. The van der Waals surface area contributed by atoms with Crippen LogP contribution in [0.4, 0.5) is 0 Å². The van der Waals surface area contributed by atoms with Crippen LogP contribution in [0.5, 0.6) is 0 Å². The van der Waals surface area contributed by atoms with E-state index in [2.05, 4.69) is 0 Å². The summed E-state index contributed by atoms with van der Waals surface area (Å²) in [5.74, 6) is -0.831. The number of ketones is 1. The minimum Gasteiger partial charge on any atom is -0.463 e. The van der Waals surface area contributed by atoms with Crippen molar-refractivity contribution in [2.45, 2.75) is 47.6 Å². The van der Waals surface area contributed by atoms with Crippen molar-refractivity contribution in [2.75, 3.05) is 0 Å².